The van der Waals surface area contributed by atoms with E-state index in [0.717, 1.165) is 38.8 Å². The molecule has 2 rings (SSSR count). The highest BCUT2D eigenvalue weighted by Gasteiger charge is 2.30. The maximum absolute atomic E-state index is 12.1. The molecule has 2 aliphatic rings. The molecule has 22 heavy (non-hydrogen) atoms. The molecule has 124 valence electrons. The Morgan fingerprint density at radius 1 is 1.23 bits per heavy atom. The molecule has 0 bridgehead atoms. The molecule has 1 fully saturated rings. The number of hydrogen-bond acceptors (Lipinski definition) is 4. The molecule has 3 N–H and O–H groups in total. The molecule has 0 aromatic heterocycles. The van der Waals surface area contributed by atoms with Crippen LogP contribution in [0.2, 0.25) is 0 Å². The third kappa shape index (κ3) is 4.81. The van der Waals surface area contributed by atoms with E-state index in [2.05, 4.69) is 11.4 Å². The maximum atomic E-state index is 12.1. The second-order valence-electron chi connectivity index (χ2n) is 6.33. The second-order valence-corrected chi connectivity index (χ2v) is 6.33. The number of carboxylic acid groups (broad SMARTS) is 1. The van der Waals surface area contributed by atoms with E-state index in [0.29, 0.717) is 12.3 Å². The first-order valence-electron chi connectivity index (χ1n) is 8.10. The van der Waals surface area contributed by atoms with Crippen LogP contribution in [0.15, 0.2) is 12.2 Å². The molecule has 1 heterocycles. The van der Waals surface area contributed by atoms with Gasteiger partial charge in [-0.1, -0.05) is 12.2 Å². The van der Waals surface area contributed by atoms with Crippen molar-refractivity contribution in [1.29, 1.82) is 0 Å². The predicted octanol–water partition coefficient (Wildman–Crippen LogP) is 0.616. The number of hydrogen-bond donors (Lipinski definition) is 3. The minimum Gasteiger partial charge on any atom is -0.480 e. The van der Waals surface area contributed by atoms with Crippen molar-refractivity contribution >= 4 is 11.9 Å². The minimum atomic E-state index is -0.951. The van der Waals surface area contributed by atoms with Crippen molar-refractivity contribution in [2.75, 3.05) is 26.2 Å². The number of allylic oxidation sites excluding steroid dienone is 2. The van der Waals surface area contributed by atoms with Gasteiger partial charge in [-0.05, 0) is 57.0 Å². The lowest BCUT2D eigenvalue weighted by Gasteiger charge is -2.31. The fourth-order valence-corrected chi connectivity index (χ4v) is 3.25. The van der Waals surface area contributed by atoms with E-state index >= 15 is 0 Å². The lowest BCUT2D eigenvalue weighted by Crippen LogP contribution is -2.50. The summed E-state index contributed by atoms with van der Waals surface area (Å²) in [6.45, 7) is 2.01. The van der Waals surface area contributed by atoms with Gasteiger partial charge in [-0.25, -0.2) is 4.79 Å². The van der Waals surface area contributed by atoms with Crippen molar-refractivity contribution in [2.45, 2.75) is 38.1 Å². The lowest BCUT2D eigenvalue weighted by atomic mass is 9.87. The number of carboxylic acids is 1. The molecule has 1 aliphatic carbocycles. The SMILES string of the molecule is O=C(CN1CCC(CO)CC1)NC(C(=O)O)C1CC=CCC1. The Hall–Kier alpha value is -1.40. The summed E-state index contributed by atoms with van der Waals surface area (Å²) < 4.78 is 0. The summed E-state index contributed by atoms with van der Waals surface area (Å²) >= 11 is 0. The Labute approximate surface area is 131 Å². The third-order valence-corrected chi connectivity index (χ3v) is 4.70. The van der Waals surface area contributed by atoms with Crippen LogP contribution in [0.1, 0.15) is 32.1 Å². The van der Waals surface area contributed by atoms with Crippen molar-refractivity contribution in [3.05, 3.63) is 12.2 Å². The average Bonchev–Trinajstić information content (AvgIpc) is 2.54. The second kappa shape index (κ2) is 8.29. The summed E-state index contributed by atoms with van der Waals surface area (Å²) in [6.07, 6.45) is 8.21. The number of amides is 1. The molecule has 0 aromatic carbocycles. The lowest BCUT2D eigenvalue weighted by molar-refractivity contribution is -0.143. The standard InChI is InChI=1S/C16H26N2O4/c19-11-12-6-8-18(9-7-12)10-14(20)17-15(16(21)22)13-4-2-1-3-5-13/h1-2,12-13,15,19H,3-11H2,(H,17,20)(H,21,22). The average molecular weight is 310 g/mol. The first kappa shape index (κ1) is 17.0. The Balaban J connectivity index is 1.81. The van der Waals surface area contributed by atoms with E-state index in [1.165, 1.54) is 0 Å². The molecule has 1 saturated heterocycles. The zero-order chi connectivity index (χ0) is 15.9. The number of nitrogens with one attached hydrogen (secondary N) is 1. The number of rotatable bonds is 6. The molecular formula is C16H26N2O4. The van der Waals surface area contributed by atoms with Crippen LogP contribution in [-0.2, 0) is 9.59 Å². The zero-order valence-corrected chi connectivity index (χ0v) is 12.9. The van der Waals surface area contributed by atoms with E-state index in [-0.39, 0.29) is 25.0 Å². The predicted molar refractivity (Wildman–Crippen MR) is 82.3 cm³/mol. The van der Waals surface area contributed by atoms with Gasteiger partial charge in [0.05, 0.1) is 6.54 Å². The van der Waals surface area contributed by atoms with Gasteiger partial charge >= 0.3 is 5.97 Å². The Morgan fingerprint density at radius 3 is 2.50 bits per heavy atom. The van der Waals surface area contributed by atoms with Crippen LogP contribution in [0.5, 0.6) is 0 Å². The van der Waals surface area contributed by atoms with Crippen LogP contribution in [-0.4, -0.2) is 59.3 Å². The van der Waals surface area contributed by atoms with Gasteiger partial charge < -0.3 is 15.5 Å². The summed E-state index contributed by atoms with van der Waals surface area (Å²) in [5.41, 5.74) is 0. The third-order valence-electron chi connectivity index (χ3n) is 4.70. The molecule has 0 radical (unpaired) electrons. The molecule has 6 nitrogen and oxygen atoms in total. The number of nitrogens with zero attached hydrogens (tertiary/aromatic N) is 1. The van der Waals surface area contributed by atoms with E-state index in [1.807, 2.05) is 11.0 Å². The highest BCUT2D eigenvalue weighted by atomic mass is 16.4. The van der Waals surface area contributed by atoms with Crippen molar-refractivity contribution < 1.29 is 19.8 Å². The minimum absolute atomic E-state index is 0.0217. The van der Waals surface area contributed by atoms with Crippen LogP contribution in [0.25, 0.3) is 0 Å². The molecular weight excluding hydrogens is 284 g/mol. The van der Waals surface area contributed by atoms with Crippen molar-refractivity contribution in [1.82, 2.24) is 10.2 Å². The number of aliphatic carboxylic acids is 1. The summed E-state index contributed by atoms with van der Waals surface area (Å²) in [5.74, 6) is -0.858. The van der Waals surface area contributed by atoms with Crippen LogP contribution in [0.3, 0.4) is 0 Å². The fraction of sp³-hybridized carbons (Fsp3) is 0.750. The summed E-state index contributed by atoms with van der Waals surface area (Å²) in [7, 11) is 0. The number of aliphatic hydroxyl groups is 1. The summed E-state index contributed by atoms with van der Waals surface area (Å²) in [4.78, 5) is 25.6. The fourth-order valence-electron chi connectivity index (χ4n) is 3.25. The zero-order valence-electron chi connectivity index (χ0n) is 12.9. The van der Waals surface area contributed by atoms with Crippen LogP contribution in [0.4, 0.5) is 0 Å². The maximum Gasteiger partial charge on any atom is 0.326 e. The molecule has 2 unspecified atom stereocenters. The summed E-state index contributed by atoms with van der Waals surface area (Å²) in [5, 5.41) is 21.2. The van der Waals surface area contributed by atoms with Gasteiger partial charge in [0.1, 0.15) is 6.04 Å². The Morgan fingerprint density at radius 2 is 1.95 bits per heavy atom. The molecule has 6 heteroatoms. The molecule has 2 atom stereocenters. The first-order chi connectivity index (χ1) is 10.6. The molecule has 1 aliphatic heterocycles. The van der Waals surface area contributed by atoms with Gasteiger partial charge in [0.15, 0.2) is 0 Å². The number of piperidine rings is 1. The van der Waals surface area contributed by atoms with Crippen molar-refractivity contribution in [2.24, 2.45) is 11.8 Å². The van der Waals surface area contributed by atoms with Crippen LogP contribution in [0, 0.1) is 11.8 Å². The number of aliphatic hydroxyl groups excluding tert-OH is 1. The number of carbonyl (C=O) groups is 2. The Bertz CT molecular complexity index is 416. The Kier molecular flexibility index (Phi) is 6.39. The highest BCUT2D eigenvalue weighted by molar-refractivity contribution is 5.84. The van der Waals surface area contributed by atoms with E-state index in [1.54, 1.807) is 0 Å². The van der Waals surface area contributed by atoms with Gasteiger partial charge in [0, 0.05) is 6.61 Å². The number of carbonyl (C=O) groups excluding carboxylic acids is 1. The molecule has 0 spiro atoms. The summed E-state index contributed by atoms with van der Waals surface area (Å²) in [6, 6.07) is -0.799. The van der Waals surface area contributed by atoms with Gasteiger partial charge in [-0.3, -0.25) is 9.69 Å². The topological polar surface area (TPSA) is 89.9 Å². The van der Waals surface area contributed by atoms with Gasteiger partial charge in [0.2, 0.25) is 5.91 Å². The molecule has 0 aromatic rings. The van der Waals surface area contributed by atoms with E-state index in [4.69, 9.17) is 5.11 Å². The smallest absolute Gasteiger partial charge is 0.326 e. The van der Waals surface area contributed by atoms with Crippen LogP contribution >= 0.6 is 0 Å². The van der Waals surface area contributed by atoms with Crippen molar-refractivity contribution in [3.63, 3.8) is 0 Å². The van der Waals surface area contributed by atoms with Crippen LogP contribution < -0.4 is 5.32 Å². The van der Waals surface area contributed by atoms with Gasteiger partial charge in [-0.15, -0.1) is 0 Å². The monoisotopic (exact) mass is 310 g/mol. The molecule has 0 saturated carbocycles. The molecule has 1 amide bonds. The van der Waals surface area contributed by atoms with E-state index in [9.17, 15) is 14.7 Å². The van der Waals surface area contributed by atoms with Crippen molar-refractivity contribution in [3.8, 4) is 0 Å². The quantitative estimate of drug-likeness (QED) is 0.626. The number of likely N-dealkylation sites (tertiary alicyclic amines) is 1. The highest BCUT2D eigenvalue weighted by Crippen LogP contribution is 2.22. The first-order valence-corrected chi connectivity index (χ1v) is 8.10. The normalized spacial score (nSPS) is 24.9. The van der Waals surface area contributed by atoms with Gasteiger partial charge in [0.25, 0.3) is 0 Å². The van der Waals surface area contributed by atoms with Gasteiger partial charge in [-0.2, -0.15) is 0 Å². The largest absolute Gasteiger partial charge is 0.480 e. The van der Waals surface area contributed by atoms with E-state index < -0.39 is 12.0 Å².